The lowest BCUT2D eigenvalue weighted by molar-refractivity contribution is -0.132. The van der Waals surface area contributed by atoms with E-state index < -0.39 is 30.1 Å². The number of aryl methyl sites for hydroxylation is 1. The first-order chi connectivity index (χ1) is 14.5. The first-order valence-electron chi connectivity index (χ1n) is 9.56. The van der Waals surface area contributed by atoms with E-state index >= 15 is 0 Å². The van der Waals surface area contributed by atoms with E-state index in [9.17, 15) is 14.4 Å². The van der Waals surface area contributed by atoms with E-state index in [-0.39, 0.29) is 18.7 Å². The fourth-order valence-electron chi connectivity index (χ4n) is 3.63. The number of amides is 2. The Labute approximate surface area is 173 Å². The van der Waals surface area contributed by atoms with E-state index in [1.807, 2.05) is 61.5 Å². The summed E-state index contributed by atoms with van der Waals surface area (Å²) in [6, 6.07) is 15.2. The molecule has 0 bridgehead atoms. The van der Waals surface area contributed by atoms with Crippen LogP contribution in [0.25, 0.3) is 0 Å². The van der Waals surface area contributed by atoms with E-state index in [4.69, 9.17) is 9.47 Å². The Morgan fingerprint density at radius 1 is 1.10 bits per heavy atom. The fraction of sp³-hybridized carbons (Fsp3) is 0.273. The number of imide groups is 1. The number of benzene rings is 2. The predicted octanol–water partition coefficient (Wildman–Crippen LogP) is 2.82. The highest BCUT2D eigenvalue weighted by Crippen LogP contribution is 2.32. The van der Waals surface area contributed by atoms with Crippen molar-refractivity contribution in [2.45, 2.75) is 25.4 Å². The number of cyclic esters (lactones) is 1. The van der Waals surface area contributed by atoms with E-state index in [2.05, 4.69) is 5.10 Å². The molecule has 154 valence electrons. The molecule has 2 atom stereocenters. The van der Waals surface area contributed by atoms with E-state index in [1.165, 1.54) is 12.1 Å². The van der Waals surface area contributed by atoms with Gasteiger partial charge >= 0.3 is 12.1 Å². The van der Waals surface area contributed by atoms with Crippen LogP contribution in [-0.2, 0) is 19.1 Å². The zero-order chi connectivity index (χ0) is 21.3. The van der Waals surface area contributed by atoms with Gasteiger partial charge in [-0.1, -0.05) is 48.0 Å². The van der Waals surface area contributed by atoms with Crippen LogP contribution < -0.4 is 5.01 Å². The van der Waals surface area contributed by atoms with Gasteiger partial charge in [0.2, 0.25) is 0 Å². The fourth-order valence-corrected chi connectivity index (χ4v) is 3.63. The summed E-state index contributed by atoms with van der Waals surface area (Å²) < 4.78 is 9.97. The normalized spacial score (nSPS) is 20.7. The number of hydrogen-bond acceptors (Lipinski definition) is 7. The number of methoxy groups -OCH3 is 1. The molecule has 2 aromatic rings. The van der Waals surface area contributed by atoms with Crippen molar-refractivity contribution in [1.82, 2.24) is 4.90 Å². The summed E-state index contributed by atoms with van der Waals surface area (Å²) in [5.74, 6) is -1.08. The number of hydrogen-bond donors (Lipinski definition) is 0. The van der Waals surface area contributed by atoms with Gasteiger partial charge < -0.3 is 9.47 Å². The van der Waals surface area contributed by atoms with Crippen molar-refractivity contribution < 1.29 is 23.9 Å². The van der Waals surface area contributed by atoms with Crippen molar-refractivity contribution in [1.29, 1.82) is 0 Å². The van der Waals surface area contributed by atoms with Crippen molar-refractivity contribution >= 4 is 29.4 Å². The second-order valence-corrected chi connectivity index (χ2v) is 7.15. The standard InChI is InChI=1S/C22H21N3O5/c1-14-8-10-16(11-9-14)25-18(12-17(23-25)21(27)29-2)20(26)24-19(13-30-22(24)28)15-6-4-3-5-7-15/h3-11,18-19H,12-13H2,1-2H3/t18-,19-/m1/s1. The van der Waals surface area contributed by atoms with Gasteiger partial charge in [-0.15, -0.1) is 0 Å². The molecule has 0 N–H and O–H groups in total. The van der Waals surface area contributed by atoms with Gasteiger partial charge in [-0.25, -0.2) is 14.5 Å². The molecule has 0 spiro atoms. The summed E-state index contributed by atoms with van der Waals surface area (Å²) in [6.45, 7) is 2.03. The molecule has 0 radical (unpaired) electrons. The first-order valence-corrected chi connectivity index (χ1v) is 9.56. The molecule has 4 rings (SSSR count). The van der Waals surface area contributed by atoms with Crippen LogP contribution in [0, 0.1) is 6.92 Å². The summed E-state index contributed by atoms with van der Waals surface area (Å²) in [5, 5.41) is 5.81. The third-order valence-electron chi connectivity index (χ3n) is 5.21. The molecule has 1 saturated heterocycles. The molecule has 0 aromatic heterocycles. The molecule has 0 aliphatic carbocycles. The highest BCUT2D eigenvalue weighted by Gasteiger charge is 2.46. The van der Waals surface area contributed by atoms with Gasteiger partial charge in [-0.05, 0) is 24.6 Å². The Morgan fingerprint density at radius 3 is 2.47 bits per heavy atom. The number of anilines is 1. The molecule has 2 aliphatic heterocycles. The van der Waals surface area contributed by atoms with Crippen LogP contribution >= 0.6 is 0 Å². The Balaban J connectivity index is 1.67. The van der Waals surface area contributed by atoms with Gasteiger partial charge in [-0.2, -0.15) is 5.10 Å². The number of nitrogens with zero attached hydrogens (tertiary/aromatic N) is 3. The van der Waals surface area contributed by atoms with Crippen molar-refractivity contribution in [3.63, 3.8) is 0 Å². The number of rotatable bonds is 4. The SMILES string of the molecule is COC(=O)C1=NN(c2ccc(C)cc2)[C@@H](C(=O)N2C(=O)OC[C@@H]2c2ccccc2)C1. The van der Waals surface area contributed by atoms with Gasteiger partial charge in [-0.3, -0.25) is 9.80 Å². The Morgan fingerprint density at radius 2 is 1.80 bits per heavy atom. The van der Waals surface area contributed by atoms with Gasteiger partial charge in [0.15, 0.2) is 0 Å². The second kappa shape index (κ2) is 7.98. The molecular formula is C22H21N3O5. The largest absolute Gasteiger partial charge is 0.464 e. The quantitative estimate of drug-likeness (QED) is 0.724. The minimum atomic E-state index is -0.862. The van der Waals surface area contributed by atoms with Crippen LogP contribution in [0.1, 0.15) is 23.6 Å². The third-order valence-corrected chi connectivity index (χ3v) is 5.21. The molecule has 2 aliphatic rings. The number of carbonyl (C=O) groups excluding carboxylic acids is 3. The van der Waals surface area contributed by atoms with Crippen LogP contribution in [0.4, 0.5) is 10.5 Å². The molecule has 8 heteroatoms. The predicted molar refractivity (Wildman–Crippen MR) is 109 cm³/mol. The maximum absolute atomic E-state index is 13.5. The molecule has 0 saturated carbocycles. The smallest absolute Gasteiger partial charge is 0.417 e. The topological polar surface area (TPSA) is 88.5 Å². The molecule has 8 nitrogen and oxygen atoms in total. The minimum absolute atomic E-state index is 0.0324. The van der Waals surface area contributed by atoms with Crippen molar-refractivity contribution in [3.05, 3.63) is 65.7 Å². The van der Waals surface area contributed by atoms with Crippen LogP contribution in [0.3, 0.4) is 0 Å². The van der Waals surface area contributed by atoms with Crippen molar-refractivity contribution in [2.24, 2.45) is 5.10 Å². The number of hydrazone groups is 1. The maximum atomic E-state index is 13.5. The van der Waals surface area contributed by atoms with Crippen molar-refractivity contribution in [2.75, 3.05) is 18.7 Å². The maximum Gasteiger partial charge on any atom is 0.417 e. The highest BCUT2D eigenvalue weighted by molar-refractivity contribution is 6.38. The lowest BCUT2D eigenvalue weighted by atomic mass is 10.0. The monoisotopic (exact) mass is 407 g/mol. The van der Waals surface area contributed by atoms with E-state index in [1.54, 1.807) is 0 Å². The Bertz CT molecular complexity index is 1000. The molecule has 30 heavy (non-hydrogen) atoms. The second-order valence-electron chi connectivity index (χ2n) is 7.15. The van der Waals surface area contributed by atoms with Gasteiger partial charge in [0.1, 0.15) is 24.4 Å². The summed E-state index contributed by atoms with van der Waals surface area (Å²) in [4.78, 5) is 39.2. The molecule has 0 unspecified atom stereocenters. The number of ether oxygens (including phenoxy) is 2. The average molecular weight is 407 g/mol. The summed E-state index contributed by atoms with van der Waals surface area (Å²) in [6.07, 6.45) is -0.672. The lowest BCUT2D eigenvalue weighted by Crippen LogP contribution is -2.46. The van der Waals surface area contributed by atoms with Crippen molar-refractivity contribution in [3.8, 4) is 0 Å². The Kier molecular flexibility index (Phi) is 5.22. The molecular weight excluding hydrogens is 386 g/mol. The zero-order valence-corrected chi connectivity index (χ0v) is 16.6. The molecule has 2 heterocycles. The third kappa shape index (κ3) is 3.52. The highest BCUT2D eigenvalue weighted by atomic mass is 16.6. The van der Waals surface area contributed by atoms with Gasteiger partial charge in [0, 0.05) is 6.42 Å². The number of esters is 1. The Hall–Kier alpha value is -3.68. The molecule has 1 fully saturated rings. The summed E-state index contributed by atoms with van der Waals surface area (Å²) in [7, 11) is 1.26. The minimum Gasteiger partial charge on any atom is -0.464 e. The first kappa shape index (κ1) is 19.6. The molecule has 2 amide bonds. The zero-order valence-electron chi connectivity index (χ0n) is 16.6. The van der Waals surface area contributed by atoms with E-state index in [0.717, 1.165) is 16.0 Å². The van der Waals surface area contributed by atoms with Gasteiger partial charge in [0.25, 0.3) is 5.91 Å². The van der Waals surface area contributed by atoms with E-state index in [0.29, 0.717) is 5.69 Å². The number of carbonyl (C=O) groups is 3. The summed E-state index contributed by atoms with van der Waals surface area (Å²) >= 11 is 0. The summed E-state index contributed by atoms with van der Waals surface area (Å²) in [5.41, 5.74) is 2.61. The molecule has 2 aromatic carbocycles. The lowest BCUT2D eigenvalue weighted by Gasteiger charge is -2.28. The van der Waals surface area contributed by atoms with Crippen LogP contribution in [0.2, 0.25) is 0 Å². The van der Waals surface area contributed by atoms with Crippen LogP contribution in [-0.4, -0.2) is 48.3 Å². The van der Waals surface area contributed by atoms with Gasteiger partial charge in [0.05, 0.1) is 12.8 Å². The van der Waals surface area contributed by atoms with Crippen LogP contribution in [0.5, 0.6) is 0 Å². The van der Waals surface area contributed by atoms with Crippen LogP contribution in [0.15, 0.2) is 59.7 Å². The average Bonchev–Trinajstić information content (AvgIpc) is 3.38.